The fourth-order valence-corrected chi connectivity index (χ4v) is 3.15. The first kappa shape index (κ1) is 12.5. The van der Waals surface area contributed by atoms with E-state index in [-0.39, 0.29) is 0 Å². The van der Waals surface area contributed by atoms with E-state index in [2.05, 4.69) is 51.5 Å². The number of nitrogens with zero attached hydrogens (tertiary/aromatic N) is 3. The van der Waals surface area contributed by atoms with E-state index >= 15 is 0 Å². The molecule has 4 heteroatoms. The second-order valence-corrected chi connectivity index (χ2v) is 5.73. The minimum atomic E-state index is 0.577. The number of hydrogen-bond acceptors (Lipinski definition) is 3. The molecule has 1 aromatic carbocycles. The van der Waals surface area contributed by atoms with Gasteiger partial charge in [0.15, 0.2) is 0 Å². The molecule has 1 aliphatic heterocycles. The van der Waals surface area contributed by atoms with Crippen LogP contribution < -0.4 is 0 Å². The van der Waals surface area contributed by atoms with Crippen LogP contribution in [0.25, 0.3) is 10.9 Å². The molecule has 1 atom stereocenters. The average Bonchev–Trinajstić information content (AvgIpc) is 3.18. The highest BCUT2D eigenvalue weighted by Crippen LogP contribution is 2.26. The molecule has 1 fully saturated rings. The van der Waals surface area contributed by atoms with Crippen LogP contribution in [-0.4, -0.2) is 33.2 Å². The van der Waals surface area contributed by atoms with Gasteiger partial charge in [0.1, 0.15) is 0 Å². The molecule has 3 heterocycles. The van der Waals surface area contributed by atoms with Gasteiger partial charge in [-0.1, -0.05) is 24.3 Å². The molecule has 0 bridgehead atoms. The summed E-state index contributed by atoms with van der Waals surface area (Å²) in [6.45, 7) is 3.13. The monoisotopic (exact) mass is 278 g/mol. The predicted octanol–water partition coefficient (Wildman–Crippen LogP) is 2.95. The standard InChI is InChI=1S/C17H18N4/c1-2-4-16-13(3-1)5-6-15(19-16)12-21-10-8-14(11-21)17-7-9-18-20-17/h1-7,9,14H,8,10-12H2,(H,18,20)/t14-/m0/s1. The number of para-hydroxylation sites is 1. The zero-order valence-corrected chi connectivity index (χ0v) is 11.9. The molecule has 1 N–H and O–H groups in total. The molecule has 0 radical (unpaired) electrons. The van der Waals surface area contributed by atoms with Gasteiger partial charge in [0.05, 0.1) is 11.2 Å². The van der Waals surface area contributed by atoms with Gasteiger partial charge >= 0.3 is 0 Å². The molecule has 0 unspecified atom stereocenters. The maximum atomic E-state index is 4.76. The number of aromatic nitrogens is 3. The topological polar surface area (TPSA) is 44.8 Å². The second-order valence-electron chi connectivity index (χ2n) is 5.73. The Labute approximate surface area is 123 Å². The van der Waals surface area contributed by atoms with Crippen molar-refractivity contribution in [3.63, 3.8) is 0 Å². The zero-order valence-electron chi connectivity index (χ0n) is 11.9. The molecule has 2 aromatic heterocycles. The summed E-state index contributed by atoms with van der Waals surface area (Å²) in [6, 6.07) is 14.7. The second kappa shape index (κ2) is 5.30. The Morgan fingerprint density at radius 3 is 3.00 bits per heavy atom. The van der Waals surface area contributed by atoms with Crippen LogP contribution in [0.2, 0.25) is 0 Å². The van der Waals surface area contributed by atoms with E-state index < -0.39 is 0 Å². The molecule has 0 saturated carbocycles. The van der Waals surface area contributed by atoms with Crippen molar-refractivity contribution in [1.29, 1.82) is 0 Å². The summed E-state index contributed by atoms with van der Waals surface area (Å²) in [4.78, 5) is 7.24. The third kappa shape index (κ3) is 2.54. The maximum absolute atomic E-state index is 4.76. The normalized spacial score (nSPS) is 19.3. The van der Waals surface area contributed by atoms with E-state index in [1.807, 2.05) is 12.3 Å². The number of benzene rings is 1. The molecule has 4 nitrogen and oxygen atoms in total. The van der Waals surface area contributed by atoms with Gasteiger partial charge in [0, 0.05) is 36.3 Å². The number of rotatable bonds is 3. The van der Waals surface area contributed by atoms with Crippen molar-refractivity contribution in [2.24, 2.45) is 0 Å². The summed E-state index contributed by atoms with van der Waals surface area (Å²) >= 11 is 0. The molecule has 21 heavy (non-hydrogen) atoms. The van der Waals surface area contributed by atoms with Crippen LogP contribution in [0, 0.1) is 0 Å². The largest absolute Gasteiger partial charge is 0.297 e. The highest BCUT2D eigenvalue weighted by Gasteiger charge is 2.24. The molecular formula is C17H18N4. The van der Waals surface area contributed by atoms with Crippen LogP contribution in [-0.2, 0) is 6.54 Å². The smallest absolute Gasteiger partial charge is 0.0705 e. The molecule has 0 spiro atoms. The minimum Gasteiger partial charge on any atom is -0.297 e. The Balaban J connectivity index is 1.48. The van der Waals surface area contributed by atoms with E-state index in [1.54, 1.807) is 0 Å². The molecule has 0 amide bonds. The third-order valence-corrected chi connectivity index (χ3v) is 4.28. The van der Waals surface area contributed by atoms with Crippen LogP contribution in [0.15, 0.2) is 48.7 Å². The first-order valence-electron chi connectivity index (χ1n) is 7.45. The number of nitrogens with one attached hydrogen (secondary N) is 1. The van der Waals surface area contributed by atoms with Crippen LogP contribution in [0.3, 0.4) is 0 Å². The van der Waals surface area contributed by atoms with Crippen molar-refractivity contribution in [2.45, 2.75) is 18.9 Å². The van der Waals surface area contributed by atoms with Gasteiger partial charge in [-0.25, -0.2) is 0 Å². The van der Waals surface area contributed by atoms with Gasteiger partial charge in [-0.2, -0.15) is 5.10 Å². The van der Waals surface area contributed by atoms with Gasteiger partial charge in [-0.3, -0.25) is 15.0 Å². The van der Waals surface area contributed by atoms with E-state index in [1.165, 1.54) is 17.5 Å². The lowest BCUT2D eigenvalue weighted by Gasteiger charge is -2.15. The summed E-state index contributed by atoms with van der Waals surface area (Å²) in [7, 11) is 0. The number of H-pyrrole nitrogens is 1. The SMILES string of the molecule is c1ccc2nc(CN3CC[C@H](c4ccn[nH]4)C3)ccc2c1. The third-order valence-electron chi connectivity index (χ3n) is 4.28. The van der Waals surface area contributed by atoms with Crippen molar-refractivity contribution >= 4 is 10.9 Å². The summed E-state index contributed by atoms with van der Waals surface area (Å²) in [5.74, 6) is 0.577. The van der Waals surface area contributed by atoms with Crippen LogP contribution in [0.5, 0.6) is 0 Å². The van der Waals surface area contributed by atoms with Crippen molar-refractivity contribution in [3.05, 3.63) is 60.0 Å². The van der Waals surface area contributed by atoms with Gasteiger partial charge in [-0.05, 0) is 31.2 Å². The fourth-order valence-electron chi connectivity index (χ4n) is 3.15. The van der Waals surface area contributed by atoms with Crippen LogP contribution in [0.4, 0.5) is 0 Å². The quantitative estimate of drug-likeness (QED) is 0.801. The number of likely N-dealkylation sites (tertiary alicyclic amines) is 1. The Morgan fingerprint density at radius 1 is 1.14 bits per heavy atom. The molecule has 3 aromatic rings. The summed E-state index contributed by atoms with van der Waals surface area (Å²) in [5.41, 5.74) is 3.49. The van der Waals surface area contributed by atoms with E-state index in [4.69, 9.17) is 4.98 Å². The Morgan fingerprint density at radius 2 is 2.10 bits per heavy atom. The first-order valence-corrected chi connectivity index (χ1v) is 7.45. The van der Waals surface area contributed by atoms with Gasteiger partial charge in [0.2, 0.25) is 0 Å². The minimum absolute atomic E-state index is 0.577. The Bertz CT molecular complexity index is 735. The fraction of sp³-hybridized carbons (Fsp3) is 0.294. The summed E-state index contributed by atoms with van der Waals surface area (Å²) < 4.78 is 0. The summed E-state index contributed by atoms with van der Waals surface area (Å²) in [6.07, 6.45) is 3.03. The lowest BCUT2D eigenvalue weighted by molar-refractivity contribution is 0.322. The Kier molecular flexibility index (Phi) is 3.16. The number of hydrogen-bond donors (Lipinski definition) is 1. The van der Waals surface area contributed by atoms with E-state index in [0.29, 0.717) is 5.92 Å². The molecule has 4 rings (SSSR count). The maximum Gasteiger partial charge on any atom is 0.0705 e. The van der Waals surface area contributed by atoms with Crippen molar-refractivity contribution in [2.75, 3.05) is 13.1 Å². The molecule has 106 valence electrons. The summed E-state index contributed by atoms with van der Waals surface area (Å²) in [5, 5.41) is 8.36. The van der Waals surface area contributed by atoms with Crippen molar-refractivity contribution in [1.82, 2.24) is 20.1 Å². The molecular weight excluding hydrogens is 260 g/mol. The highest BCUT2D eigenvalue weighted by molar-refractivity contribution is 5.78. The lowest BCUT2D eigenvalue weighted by Crippen LogP contribution is -2.20. The van der Waals surface area contributed by atoms with E-state index in [0.717, 1.165) is 30.8 Å². The molecule has 0 aliphatic carbocycles. The highest BCUT2D eigenvalue weighted by atomic mass is 15.2. The van der Waals surface area contributed by atoms with Crippen molar-refractivity contribution < 1.29 is 0 Å². The predicted molar refractivity (Wildman–Crippen MR) is 83.0 cm³/mol. The lowest BCUT2D eigenvalue weighted by atomic mass is 10.1. The zero-order chi connectivity index (χ0) is 14.1. The van der Waals surface area contributed by atoms with Crippen molar-refractivity contribution in [3.8, 4) is 0 Å². The number of pyridine rings is 1. The first-order chi connectivity index (χ1) is 10.4. The van der Waals surface area contributed by atoms with Crippen LogP contribution in [0.1, 0.15) is 23.7 Å². The molecule has 1 saturated heterocycles. The number of aromatic amines is 1. The van der Waals surface area contributed by atoms with E-state index in [9.17, 15) is 0 Å². The molecule has 1 aliphatic rings. The Hall–Kier alpha value is -2.20. The number of fused-ring (bicyclic) bond motifs is 1. The average molecular weight is 278 g/mol. The van der Waals surface area contributed by atoms with Crippen LogP contribution >= 0.6 is 0 Å². The van der Waals surface area contributed by atoms with Gasteiger partial charge < -0.3 is 0 Å². The van der Waals surface area contributed by atoms with Gasteiger partial charge in [-0.15, -0.1) is 0 Å². The van der Waals surface area contributed by atoms with Gasteiger partial charge in [0.25, 0.3) is 0 Å².